The molecular weight excluding hydrogens is 202 g/mol. The SMILES string of the molecule is CC(C)COCCCNc1cncc(N)c1. The van der Waals surface area contributed by atoms with Crippen LogP contribution in [-0.2, 0) is 4.74 Å². The lowest BCUT2D eigenvalue weighted by atomic mass is 10.2. The van der Waals surface area contributed by atoms with Gasteiger partial charge in [-0.15, -0.1) is 0 Å². The zero-order chi connectivity index (χ0) is 11.8. The first-order valence-electron chi connectivity index (χ1n) is 5.70. The molecule has 0 fully saturated rings. The summed E-state index contributed by atoms with van der Waals surface area (Å²) in [6, 6.07) is 1.88. The van der Waals surface area contributed by atoms with Crippen molar-refractivity contribution in [1.82, 2.24) is 4.98 Å². The predicted octanol–water partition coefficient (Wildman–Crippen LogP) is 2.14. The molecule has 0 bridgehead atoms. The number of hydrogen-bond donors (Lipinski definition) is 2. The average molecular weight is 223 g/mol. The van der Waals surface area contributed by atoms with E-state index >= 15 is 0 Å². The van der Waals surface area contributed by atoms with Gasteiger partial charge in [0.2, 0.25) is 0 Å². The van der Waals surface area contributed by atoms with Crippen molar-refractivity contribution in [2.24, 2.45) is 5.92 Å². The van der Waals surface area contributed by atoms with Crippen LogP contribution >= 0.6 is 0 Å². The summed E-state index contributed by atoms with van der Waals surface area (Å²) >= 11 is 0. The lowest BCUT2D eigenvalue weighted by Crippen LogP contribution is -2.08. The number of hydrogen-bond acceptors (Lipinski definition) is 4. The molecule has 0 aliphatic rings. The van der Waals surface area contributed by atoms with Crippen LogP contribution in [0, 0.1) is 5.92 Å². The molecule has 0 radical (unpaired) electrons. The highest BCUT2D eigenvalue weighted by atomic mass is 16.5. The van der Waals surface area contributed by atoms with Crippen molar-refractivity contribution >= 4 is 11.4 Å². The van der Waals surface area contributed by atoms with Crippen LogP contribution in [0.25, 0.3) is 0 Å². The fraction of sp³-hybridized carbons (Fsp3) is 0.583. The van der Waals surface area contributed by atoms with E-state index in [-0.39, 0.29) is 0 Å². The van der Waals surface area contributed by atoms with Crippen molar-refractivity contribution in [1.29, 1.82) is 0 Å². The first kappa shape index (κ1) is 12.8. The van der Waals surface area contributed by atoms with Gasteiger partial charge in [-0.3, -0.25) is 4.98 Å². The molecule has 16 heavy (non-hydrogen) atoms. The second kappa shape index (κ2) is 7.06. The molecule has 0 aromatic carbocycles. The highest BCUT2D eigenvalue weighted by molar-refractivity contribution is 5.51. The smallest absolute Gasteiger partial charge is 0.0547 e. The summed E-state index contributed by atoms with van der Waals surface area (Å²) in [5, 5.41) is 3.25. The molecular formula is C12H21N3O. The molecule has 1 aromatic heterocycles. The number of nitrogens with two attached hydrogens (primary N) is 1. The quantitative estimate of drug-likeness (QED) is 0.695. The van der Waals surface area contributed by atoms with Gasteiger partial charge in [0.1, 0.15) is 0 Å². The van der Waals surface area contributed by atoms with Gasteiger partial charge in [-0.25, -0.2) is 0 Å². The standard InChI is InChI=1S/C12H21N3O/c1-10(2)9-16-5-3-4-15-12-6-11(13)7-14-8-12/h6-8,10,15H,3-5,9,13H2,1-2H3. The van der Waals surface area contributed by atoms with Gasteiger partial charge in [0.15, 0.2) is 0 Å². The van der Waals surface area contributed by atoms with E-state index in [1.165, 1.54) is 0 Å². The van der Waals surface area contributed by atoms with Crippen molar-refractivity contribution in [2.45, 2.75) is 20.3 Å². The van der Waals surface area contributed by atoms with Gasteiger partial charge >= 0.3 is 0 Å². The Kier molecular flexibility index (Phi) is 5.64. The number of nitrogen functional groups attached to an aromatic ring is 1. The van der Waals surface area contributed by atoms with Gasteiger partial charge in [-0.2, -0.15) is 0 Å². The number of ether oxygens (including phenoxy) is 1. The summed E-state index contributed by atoms with van der Waals surface area (Å²) < 4.78 is 5.48. The number of pyridine rings is 1. The molecule has 0 aliphatic carbocycles. The summed E-state index contributed by atoms with van der Waals surface area (Å²) in [6.45, 7) is 6.80. The molecule has 0 spiro atoms. The maximum Gasteiger partial charge on any atom is 0.0547 e. The van der Waals surface area contributed by atoms with Gasteiger partial charge in [-0.05, 0) is 18.4 Å². The highest BCUT2D eigenvalue weighted by Gasteiger charge is 1.95. The third kappa shape index (κ3) is 5.56. The van der Waals surface area contributed by atoms with E-state index in [1.807, 2.05) is 6.07 Å². The van der Waals surface area contributed by atoms with E-state index in [2.05, 4.69) is 24.1 Å². The number of anilines is 2. The van der Waals surface area contributed by atoms with Crippen LogP contribution in [0.5, 0.6) is 0 Å². The molecule has 1 aromatic rings. The molecule has 1 rings (SSSR count). The molecule has 0 unspecified atom stereocenters. The predicted molar refractivity (Wildman–Crippen MR) is 67.4 cm³/mol. The molecule has 0 aliphatic heterocycles. The number of nitrogens with one attached hydrogen (secondary N) is 1. The third-order valence-corrected chi connectivity index (χ3v) is 2.01. The summed E-state index contributed by atoms with van der Waals surface area (Å²) in [4.78, 5) is 4.00. The van der Waals surface area contributed by atoms with Crippen LogP contribution in [-0.4, -0.2) is 24.7 Å². The molecule has 3 N–H and O–H groups in total. The average Bonchev–Trinajstić information content (AvgIpc) is 2.23. The van der Waals surface area contributed by atoms with E-state index in [4.69, 9.17) is 10.5 Å². The van der Waals surface area contributed by atoms with Crippen LogP contribution in [0.1, 0.15) is 20.3 Å². The summed E-state index contributed by atoms with van der Waals surface area (Å²) in [6.07, 6.45) is 4.39. The van der Waals surface area contributed by atoms with Gasteiger partial charge < -0.3 is 15.8 Å². The van der Waals surface area contributed by atoms with Gasteiger partial charge in [0.05, 0.1) is 17.6 Å². The molecule has 0 saturated heterocycles. The van der Waals surface area contributed by atoms with Crippen molar-refractivity contribution in [3.63, 3.8) is 0 Å². The summed E-state index contributed by atoms with van der Waals surface area (Å²) in [7, 11) is 0. The molecule has 0 amide bonds. The second-order valence-electron chi connectivity index (χ2n) is 4.26. The normalized spacial score (nSPS) is 10.7. The van der Waals surface area contributed by atoms with E-state index < -0.39 is 0 Å². The minimum Gasteiger partial charge on any atom is -0.397 e. The van der Waals surface area contributed by atoms with E-state index in [0.29, 0.717) is 11.6 Å². The first-order valence-corrected chi connectivity index (χ1v) is 5.70. The topological polar surface area (TPSA) is 60.2 Å². The second-order valence-corrected chi connectivity index (χ2v) is 4.26. The lowest BCUT2D eigenvalue weighted by Gasteiger charge is -2.08. The Morgan fingerprint density at radius 2 is 2.25 bits per heavy atom. The van der Waals surface area contributed by atoms with Crippen molar-refractivity contribution in [3.05, 3.63) is 18.5 Å². The Morgan fingerprint density at radius 3 is 2.94 bits per heavy atom. The Morgan fingerprint density at radius 1 is 1.44 bits per heavy atom. The Bertz CT molecular complexity index is 302. The van der Waals surface area contributed by atoms with Crippen LogP contribution in [0.15, 0.2) is 18.5 Å². The van der Waals surface area contributed by atoms with Crippen LogP contribution in [0.3, 0.4) is 0 Å². The maximum absolute atomic E-state index is 5.62. The van der Waals surface area contributed by atoms with E-state index in [0.717, 1.165) is 31.9 Å². The Hall–Kier alpha value is -1.29. The van der Waals surface area contributed by atoms with Crippen LogP contribution in [0.2, 0.25) is 0 Å². The molecule has 1 heterocycles. The zero-order valence-corrected chi connectivity index (χ0v) is 10.1. The van der Waals surface area contributed by atoms with E-state index in [9.17, 15) is 0 Å². The Balaban J connectivity index is 2.07. The minimum absolute atomic E-state index is 0.603. The summed E-state index contributed by atoms with van der Waals surface area (Å²) in [5.41, 5.74) is 7.26. The molecule has 4 nitrogen and oxygen atoms in total. The monoisotopic (exact) mass is 223 g/mol. The van der Waals surface area contributed by atoms with Gasteiger partial charge in [-0.1, -0.05) is 13.8 Å². The molecule has 90 valence electrons. The van der Waals surface area contributed by atoms with Crippen molar-refractivity contribution in [2.75, 3.05) is 30.8 Å². The number of rotatable bonds is 7. The third-order valence-electron chi connectivity index (χ3n) is 2.01. The van der Waals surface area contributed by atoms with Gasteiger partial charge in [0, 0.05) is 26.0 Å². The van der Waals surface area contributed by atoms with Crippen LogP contribution < -0.4 is 11.1 Å². The minimum atomic E-state index is 0.603. The first-order chi connectivity index (χ1) is 7.68. The highest BCUT2D eigenvalue weighted by Crippen LogP contribution is 2.08. The van der Waals surface area contributed by atoms with Gasteiger partial charge in [0.25, 0.3) is 0 Å². The van der Waals surface area contributed by atoms with Crippen LogP contribution in [0.4, 0.5) is 11.4 Å². The fourth-order valence-electron chi connectivity index (χ4n) is 1.28. The maximum atomic E-state index is 5.62. The number of nitrogens with zero attached hydrogens (tertiary/aromatic N) is 1. The van der Waals surface area contributed by atoms with Crippen molar-refractivity contribution < 1.29 is 4.74 Å². The summed E-state index contributed by atoms with van der Waals surface area (Å²) in [5.74, 6) is 0.603. The Labute approximate surface area is 97.2 Å². The van der Waals surface area contributed by atoms with Crippen molar-refractivity contribution in [3.8, 4) is 0 Å². The molecule has 4 heteroatoms. The lowest BCUT2D eigenvalue weighted by molar-refractivity contribution is 0.110. The number of aromatic nitrogens is 1. The molecule has 0 saturated carbocycles. The largest absolute Gasteiger partial charge is 0.397 e. The molecule has 0 atom stereocenters. The fourth-order valence-corrected chi connectivity index (χ4v) is 1.28. The zero-order valence-electron chi connectivity index (χ0n) is 10.1. The van der Waals surface area contributed by atoms with E-state index in [1.54, 1.807) is 12.4 Å².